The van der Waals surface area contributed by atoms with Gasteiger partial charge in [0.25, 0.3) is 0 Å². The summed E-state index contributed by atoms with van der Waals surface area (Å²) in [5.74, 6) is 1.95. The quantitative estimate of drug-likeness (QED) is 0.745. The van der Waals surface area contributed by atoms with E-state index in [1.165, 1.54) is 11.3 Å². The van der Waals surface area contributed by atoms with E-state index in [9.17, 15) is 0 Å². The van der Waals surface area contributed by atoms with E-state index < -0.39 is 0 Å². The third-order valence-electron chi connectivity index (χ3n) is 4.04. The maximum Gasteiger partial charge on any atom is 0.169 e. The summed E-state index contributed by atoms with van der Waals surface area (Å²) in [6, 6.07) is 4.11. The van der Waals surface area contributed by atoms with E-state index in [1.54, 1.807) is 11.3 Å². The van der Waals surface area contributed by atoms with Gasteiger partial charge in [0.2, 0.25) is 0 Å². The van der Waals surface area contributed by atoms with Crippen LogP contribution in [0.4, 0.5) is 0 Å². The van der Waals surface area contributed by atoms with Gasteiger partial charge in [-0.15, -0.1) is 11.3 Å². The normalized spacial score (nSPS) is 15.0. The summed E-state index contributed by atoms with van der Waals surface area (Å²) < 4.78 is 2.08. The lowest BCUT2D eigenvalue weighted by molar-refractivity contribution is 0.234. The minimum Gasteiger partial charge on any atom is -0.337 e. The molecule has 112 valence electrons. The second-order valence-electron chi connectivity index (χ2n) is 5.56. The van der Waals surface area contributed by atoms with Crippen LogP contribution in [-0.4, -0.2) is 31.0 Å². The van der Waals surface area contributed by atoms with Crippen molar-refractivity contribution in [1.29, 1.82) is 0 Å². The number of aryl methyl sites for hydroxylation is 1. The first-order valence-corrected chi connectivity index (χ1v) is 8.25. The minimum atomic E-state index is 0.853. The summed E-state index contributed by atoms with van der Waals surface area (Å²) in [6.07, 6.45) is 6.80. The summed E-state index contributed by atoms with van der Waals surface area (Å²) in [6.45, 7) is 2.78. The molecule has 0 radical (unpaired) electrons. The highest BCUT2D eigenvalue weighted by molar-refractivity contribution is 7.13. The van der Waals surface area contributed by atoms with E-state index in [0.29, 0.717) is 0 Å². The lowest BCUT2D eigenvalue weighted by Crippen LogP contribution is -2.31. The number of imidazole rings is 1. The van der Waals surface area contributed by atoms with E-state index >= 15 is 0 Å². The van der Waals surface area contributed by atoms with Crippen LogP contribution in [0.15, 0.2) is 36.1 Å². The van der Waals surface area contributed by atoms with Crippen molar-refractivity contribution < 1.29 is 0 Å². The van der Waals surface area contributed by atoms with Crippen molar-refractivity contribution in [2.45, 2.75) is 19.5 Å². The molecule has 0 fully saturated rings. The van der Waals surface area contributed by atoms with Crippen LogP contribution < -0.4 is 0 Å². The number of aromatic nitrogens is 4. The van der Waals surface area contributed by atoms with Crippen LogP contribution in [0, 0.1) is 0 Å². The molecule has 0 saturated heterocycles. The molecule has 0 unspecified atom stereocenters. The van der Waals surface area contributed by atoms with Gasteiger partial charge >= 0.3 is 0 Å². The average molecular weight is 311 g/mol. The van der Waals surface area contributed by atoms with Gasteiger partial charge in [0.1, 0.15) is 5.82 Å². The zero-order valence-corrected chi connectivity index (χ0v) is 13.3. The molecular weight excluding hydrogens is 294 g/mol. The molecule has 5 nitrogen and oxygen atoms in total. The van der Waals surface area contributed by atoms with Crippen molar-refractivity contribution in [3.63, 3.8) is 0 Å². The maximum atomic E-state index is 4.76. The van der Waals surface area contributed by atoms with Gasteiger partial charge in [0.05, 0.1) is 17.1 Å². The number of fused-ring (bicyclic) bond motifs is 1. The Balaban J connectivity index is 1.53. The Morgan fingerprint density at radius 2 is 2.27 bits per heavy atom. The van der Waals surface area contributed by atoms with E-state index in [1.807, 2.05) is 31.7 Å². The van der Waals surface area contributed by atoms with Crippen molar-refractivity contribution in [2.24, 2.45) is 7.05 Å². The molecule has 4 heterocycles. The van der Waals surface area contributed by atoms with Crippen molar-refractivity contribution >= 4 is 11.3 Å². The predicted octanol–water partition coefficient (Wildman–Crippen LogP) is 2.50. The van der Waals surface area contributed by atoms with Gasteiger partial charge in [-0.1, -0.05) is 6.07 Å². The molecule has 0 atom stereocenters. The summed E-state index contributed by atoms with van der Waals surface area (Å²) >= 11 is 1.69. The first-order chi connectivity index (χ1) is 10.8. The Morgan fingerprint density at radius 3 is 3.05 bits per heavy atom. The molecule has 0 N–H and O–H groups in total. The smallest absolute Gasteiger partial charge is 0.169 e. The van der Waals surface area contributed by atoms with Crippen LogP contribution in [0.3, 0.4) is 0 Å². The van der Waals surface area contributed by atoms with Crippen LogP contribution in [0.5, 0.6) is 0 Å². The Morgan fingerprint density at radius 1 is 1.32 bits per heavy atom. The standard InChI is InChI=1S/C16H17N5S/c1-20-7-5-17-15(20)11-21-6-4-13-12(10-21)9-18-16(19-13)14-3-2-8-22-14/h2-3,5,7-9H,4,6,10-11H2,1H3. The first-order valence-electron chi connectivity index (χ1n) is 7.37. The molecule has 3 aromatic heterocycles. The van der Waals surface area contributed by atoms with E-state index in [-0.39, 0.29) is 0 Å². The molecule has 0 spiro atoms. The van der Waals surface area contributed by atoms with Crippen molar-refractivity contribution in [3.05, 3.63) is 53.2 Å². The fraction of sp³-hybridized carbons (Fsp3) is 0.312. The second-order valence-corrected chi connectivity index (χ2v) is 6.51. The molecule has 0 bridgehead atoms. The first kappa shape index (κ1) is 13.6. The molecule has 6 heteroatoms. The van der Waals surface area contributed by atoms with E-state index in [2.05, 4.69) is 30.9 Å². The minimum absolute atomic E-state index is 0.853. The van der Waals surface area contributed by atoms with E-state index in [0.717, 1.165) is 42.6 Å². The molecule has 0 saturated carbocycles. The van der Waals surface area contributed by atoms with Gasteiger partial charge in [-0.25, -0.2) is 15.0 Å². The Kier molecular flexibility index (Phi) is 3.48. The van der Waals surface area contributed by atoms with Gasteiger partial charge in [-0.2, -0.15) is 0 Å². The highest BCUT2D eigenvalue weighted by atomic mass is 32.1. The predicted molar refractivity (Wildman–Crippen MR) is 86.4 cm³/mol. The van der Waals surface area contributed by atoms with Gasteiger partial charge in [0, 0.05) is 50.7 Å². The van der Waals surface area contributed by atoms with Crippen LogP contribution in [-0.2, 0) is 26.6 Å². The third kappa shape index (κ3) is 2.55. The Labute approximate surface area is 133 Å². The molecule has 3 aromatic rings. The number of rotatable bonds is 3. The fourth-order valence-corrected chi connectivity index (χ4v) is 3.45. The average Bonchev–Trinajstić information content (AvgIpc) is 3.19. The van der Waals surface area contributed by atoms with Crippen molar-refractivity contribution in [2.75, 3.05) is 6.54 Å². The van der Waals surface area contributed by atoms with Gasteiger partial charge in [0.15, 0.2) is 5.82 Å². The summed E-state index contributed by atoms with van der Waals surface area (Å²) in [7, 11) is 2.04. The van der Waals surface area contributed by atoms with Crippen LogP contribution >= 0.6 is 11.3 Å². The molecular formula is C16H17N5S. The molecule has 1 aliphatic heterocycles. The van der Waals surface area contributed by atoms with Crippen LogP contribution in [0.1, 0.15) is 17.1 Å². The number of hydrogen-bond acceptors (Lipinski definition) is 5. The molecule has 4 rings (SSSR count). The van der Waals surface area contributed by atoms with Gasteiger partial charge < -0.3 is 4.57 Å². The zero-order valence-electron chi connectivity index (χ0n) is 12.4. The summed E-state index contributed by atoms with van der Waals surface area (Å²) in [5, 5.41) is 2.06. The highest BCUT2D eigenvalue weighted by Gasteiger charge is 2.20. The molecule has 0 amide bonds. The second kappa shape index (κ2) is 5.62. The Hall–Kier alpha value is -2.05. The lowest BCUT2D eigenvalue weighted by atomic mass is 10.1. The van der Waals surface area contributed by atoms with Crippen molar-refractivity contribution in [1.82, 2.24) is 24.4 Å². The zero-order chi connectivity index (χ0) is 14.9. The lowest BCUT2D eigenvalue weighted by Gasteiger charge is -2.27. The number of hydrogen-bond donors (Lipinski definition) is 0. The molecule has 22 heavy (non-hydrogen) atoms. The topological polar surface area (TPSA) is 46.8 Å². The van der Waals surface area contributed by atoms with Gasteiger partial charge in [-0.3, -0.25) is 4.90 Å². The largest absolute Gasteiger partial charge is 0.337 e. The van der Waals surface area contributed by atoms with Crippen LogP contribution in [0.2, 0.25) is 0 Å². The van der Waals surface area contributed by atoms with E-state index in [4.69, 9.17) is 4.98 Å². The SMILES string of the molecule is Cn1ccnc1CN1CCc2nc(-c3cccs3)ncc2C1. The maximum absolute atomic E-state index is 4.76. The van der Waals surface area contributed by atoms with Crippen LogP contribution in [0.25, 0.3) is 10.7 Å². The highest BCUT2D eigenvalue weighted by Crippen LogP contribution is 2.24. The van der Waals surface area contributed by atoms with Crippen molar-refractivity contribution in [3.8, 4) is 10.7 Å². The summed E-state index contributed by atoms with van der Waals surface area (Å²) in [5.41, 5.74) is 2.43. The van der Waals surface area contributed by atoms with Gasteiger partial charge in [-0.05, 0) is 11.4 Å². The fourth-order valence-electron chi connectivity index (χ4n) is 2.78. The third-order valence-corrected chi connectivity index (χ3v) is 4.91. The monoisotopic (exact) mass is 311 g/mol. The molecule has 1 aliphatic rings. The molecule has 0 aliphatic carbocycles. The number of thiophene rings is 1. The summed E-state index contributed by atoms with van der Waals surface area (Å²) in [4.78, 5) is 17.2. The molecule has 0 aromatic carbocycles. The number of nitrogens with zero attached hydrogens (tertiary/aromatic N) is 5. The Bertz CT molecular complexity index is 778.